The average Bonchev–Trinajstić information content (AvgIpc) is 3.23. The summed E-state index contributed by atoms with van der Waals surface area (Å²) in [5.74, 6) is -3.38. The predicted molar refractivity (Wildman–Crippen MR) is 144 cm³/mol. The molecule has 0 aliphatic rings. The number of imidazole rings is 1. The highest BCUT2D eigenvalue weighted by molar-refractivity contribution is 5.97. The van der Waals surface area contributed by atoms with Crippen LogP contribution < -0.4 is 4.74 Å². The molecule has 0 bridgehead atoms. The second-order valence-electron chi connectivity index (χ2n) is 10.6. The molecular weight excluding hydrogens is 521 g/mol. The van der Waals surface area contributed by atoms with E-state index in [0.29, 0.717) is 33.9 Å². The largest absolute Gasteiger partial charge is 0.485 e. The van der Waals surface area contributed by atoms with Gasteiger partial charge in [0.25, 0.3) is 0 Å². The molecule has 1 unspecified atom stereocenters. The quantitative estimate of drug-likeness (QED) is 0.155. The summed E-state index contributed by atoms with van der Waals surface area (Å²) in [6, 6.07) is 13.1. The Balaban J connectivity index is 1.59. The molecule has 4 aromatic rings. The number of hydrogen-bond donors (Lipinski definition) is 0. The third-order valence-corrected chi connectivity index (χ3v) is 6.36. The topological polar surface area (TPSA) is 69.9 Å². The fraction of sp³-hybridized carbons (Fsp3) is 0.323. The van der Waals surface area contributed by atoms with Gasteiger partial charge in [0.15, 0.2) is 28.8 Å². The number of nitrogens with zero attached hydrogens (tertiary/aromatic N) is 2. The first-order chi connectivity index (χ1) is 18.9. The molecule has 0 radical (unpaired) electrons. The first kappa shape index (κ1) is 28.9. The van der Waals surface area contributed by atoms with Gasteiger partial charge in [-0.3, -0.25) is 14.0 Å². The minimum absolute atomic E-state index is 0.00557. The molecular formula is C31H31F3N2O4. The van der Waals surface area contributed by atoms with Crippen molar-refractivity contribution in [1.82, 2.24) is 9.38 Å². The fourth-order valence-corrected chi connectivity index (χ4v) is 4.53. The Kier molecular flexibility index (Phi) is 8.61. The Hall–Kier alpha value is -4.14. The maximum absolute atomic E-state index is 14.1. The number of rotatable bonds is 10. The molecule has 1 atom stereocenters. The molecule has 2 aromatic heterocycles. The van der Waals surface area contributed by atoms with Crippen molar-refractivity contribution in [2.75, 3.05) is 0 Å². The van der Waals surface area contributed by atoms with Crippen LogP contribution in [0.4, 0.5) is 13.2 Å². The van der Waals surface area contributed by atoms with E-state index in [9.17, 15) is 22.8 Å². The van der Waals surface area contributed by atoms with E-state index < -0.39 is 29.1 Å². The van der Waals surface area contributed by atoms with E-state index in [1.165, 1.54) is 12.1 Å². The Morgan fingerprint density at radius 2 is 1.73 bits per heavy atom. The standard InChI is InChI=1S/C31H31F3N2O4/c1-19-29(36-15-7-10-27(30(36)35-19)39-18-22-8-5-6-9-23(22)32)26(37)17-21(12-14-28(38)40-31(2,3)4)20-11-13-24(33)25(34)16-20/h5-11,13,15-16,21H,12,14,17-18H2,1-4H3. The number of carbonyl (C=O) groups is 2. The van der Waals surface area contributed by atoms with E-state index >= 15 is 0 Å². The number of aromatic nitrogens is 2. The van der Waals surface area contributed by atoms with Crippen molar-refractivity contribution in [3.63, 3.8) is 0 Å². The Morgan fingerprint density at radius 1 is 0.975 bits per heavy atom. The molecule has 40 heavy (non-hydrogen) atoms. The van der Waals surface area contributed by atoms with Gasteiger partial charge >= 0.3 is 5.97 Å². The molecule has 0 N–H and O–H groups in total. The van der Waals surface area contributed by atoms with Gasteiger partial charge in [0.05, 0.1) is 5.69 Å². The van der Waals surface area contributed by atoms with Crippen LogP contribution in [0.2, 0.25) is 0 Å². The lowest BCUT2D eigenvalue weighted by atomic mass is 9.88. The first-order valence-electron chi connectivity index (χ1n) is 13.0. The molecule has 0 spiro atoms. The zero-order valence-corrected chi connectivity index (χ0v) is 22.8. The van der Waals surface area contributed by atoms with E-state index in [1.807, 2.05) is 0 Å². The van der Waals surface area contributed by atoms with Gasteiger partial charge in [-0.05, 0) is 75.9 Å². The molecule has 0 saturated heterocycles. The van der Waals surface area contributed by atoms with Crippen molar-refractivity contribution in [3.8, 4) is 5.75 Å². The minimum atomic E-state index is -1.03. The zero-order chi connectivity index (χ0) is 29.0. The second-order valence-corrected chi connectivity index (χ2v) is 10.6. The van der Waals surface area contributed by atoms with Crippen LogP contribution in [0.3, 0.4) is 0 Å². The highest BCUT2D eigenvalue weighted by atomic mass is 19.2. The summed E-state index contributed by atoms with van der Waals surface area (Å²) in [5, 5.41) is 0. The lowest BCUT2D eigenvalue weighted by Gasteiger charge is -2.21. The molecule has 0 saturated carbocycles. The number of halogens is 3. The number of ketones is 1. The highest BCUT2D eigenvalue weighted by Gasteiger charge is 2.26. The molecule has 0 fully saturated rings. The summed E-state index contributed by atoms with van der Waals surface area (Å²) in [7, 11) is 0. The Morgan fingerprint density at radius 3 is 2.42 bits per heavy atom. The Bertz CT molecular complexity index is 1540. The number of carbonyl (C=O) groups excluding carboxylic acids is 2. The van der Waals surface area contributed by atoms with Crippen molar-refractivity contribution < 1.29 is 32.2 Å². The van der Waals surface area contributed by atoms with Crippen LogP contribution in [0, 0.1) is 24.4 Å². The van der Waals surface area contributed by atoms with Crippen LogP contribution in [0.15, 0.2) is 60.8 Å². The minimum Gasteiger partial charge on any atom is -0.485 e. The van der Waals surface area contributed by atoms with Crippen LogP contribution in [0.1, 0.15) is 73.3 Å². The molecule has 9 heteroatoms. The monoisotopic (exact) mass is 552 g/mol. The van der Waals surface area contributed by atoms with Gasteiger partial charge in [-0.25, -0.2) is 18.2 Å². The number of esters is 1. The van der Waals surface area contributed by atoms with Crippen LogP contribution in [-0.2, 0) is 16.1 Å². The SMILES string of the molecule is Cc1nc2c(OCc3ccccc3F)cccn2c1C(=O)CC(CCC(=O)OC(C)(C)C)c1ccc(F)c(F)c1. The van der Waals surface area contributed by atoms with E-state index in [4.69, 9.17) is 9.47 Å². The molecule has 0 aliphatic heterocycles. The van der Waals surface area contributed by atoms with E-state index in [-0.39, 0.29) is 37.5 Å². The third-order valence-electron chi connectivity index (χ3n) is 6.36. The van der Waals surface area contributed by atoms with E-state index in [0.717, 1.165) is 12.1 Å². The normalized spacial score (nSPS) is 12.4. The molecule has 2 heterocycles. The summed E-state index contributed by atoms with van der Waals surface area (Å²) >= 11 is 0. The maximum atomic E-state index is 14.1. The number of hydrogen-bond acceptors (Lipinski definition) is 5. The van der Waals surface area contributed by atoms with Gasteiger partial charge < -0.3 is 9.47 Å². The second kappa shape index (κ2) is 11.9. The molecule has 4 rings (SSSR count). The van der Waals surface area contributed by atoms with Gasteiger partial charge in [-0.15, -0.1) is 0 Å². The predicted octanol–water partition coefficient (Wildman–Crippen LogP) is 7.12. The van der Waals surface area contributed by atoms with Crippen molar-refractivity contribution in [2.24, 2.45) is 0 Å². The van der Waals surface area contributed by atoms with Gasteiger partial charge in [0.1, 0.15) is 23.7 Å². The number of fused-ring (bicyclic) bond motifs is 1. The molecule has 210 valence electrons. The molecule has 2 aromatic carbocycles. The number of Topliss-reactive ketones (excluding diaryl/α,β-unsaturated/α-hetero) is 1. The number of pyridine rings is 1. The van der Waals surface area contributed by atoms with E-state index in [1.54, 1.807) is 68.6 Å². The fourth-order valence-electron chi connectivity index (χ4n) is 4.53. The third kappa shape index (κ3) is 6.89. The van der Waals surface area contributed by atoms with Crippen molar-refractivity contribution in [3.05, 3.63) is 101 Å². The Labute approximate surface area is 230 Å². The average molecular weight is 553 g/mol. The maximum Gasteiger partial charge on any atom is 0.306 e. The van der Waals surface area contributed by atoms with Crippen molar-refractivity contribution in [2.45, 2.75) is 65.1 Å². The van der Waals surface area contributed by atoms with Crippen LogP contribution in [-0.4, -0.2) is 26.7 Å². The summed E-state index contributed by atoms with van der Waals surface area (Å²) in [4.78, 5) is 30.6. The molecule has 6 nitrogen and oxygen atoms in total. The van der Waals surface area contributed by atoms with Crippen LogP contribution in [0.25, 0.3) is 5.65 Å². The lowest BCUT2D eigenvalue weighted by molar-refractivity contribution is -0.155. The summed E-state index contributed by atoms with van der Waals surface area (Å²) < 4.78 is 54.7. The number of aryl methyl sites for hydroxylation is 1. The van der Waals surface area contributed by atoms with Crippen LogP contribution >= 0.6 is 0 Å². The summed E-state index contributed by atoms with van der Waals surface area (Å²) in [6.07, 6.45) is 1.78. The number of benzene rings is 2. The summed E-state index contributed by atoms with van der Waals surface area (Å²) in [5.41, 5.74) is 1.24. The van der Waals surface area contributed by atoms with Crippen molar-refractivity contribution in [1.29, 1.82) is 0 Å². The highest BCUT2D eigenvalue weighted by Crippen LogP contribution is 2.31. The molecule has 0 amide bonds. The van der Waals surface area contributed by atoms with Crippen molar-refractivity contribution >= 4 is 17.4 Å². The van der Waals surface area contributed by atoms with Gasteiger partial charge in [-0.1, -0.05) is 24.3 Å². The molecule has 0 aliphatic carbocycles. The smallest absolute Gasteiger partial charge is 0.306 e. The zero-order valence-electron chi connectivity index (χ0n) is 22.8. The van der Waals surface area contributed by atoms with Gasteiger partial charge in [-0.2, -0.15) is 0 Å². The lowest BCUT2D eigenvalue weighted by Crippen LogP contribution is -2.24. The number of ether oxygens (including phenoxy) is 2. The van der Waals surface area contributed by atoms with Gasteiger partial charge in [0.2, 0.25) is 0 Å². The van der Waals surface area contributed by atoms with E-state index in [2.05, 4.69) is 4.98 Å². The first-order valence-corrected chi connectivity index (χ1v) is 13.0. The summed E-state index contributed by atoms with van der Waals surface area (Å²) in [6.45, 7) is 6.92. The van der Waals surface area contributed by atoms with Gasteiger partial charge in [0, 0.05) is 24.6 Å². The van der Waals surface area contributed by atoms with Crippen LogP contribution in [0.5, 0.6) is 5.75 Å².